The number of anilines is 2. The van der Waals surface area contributed by atoms with Gasteiger partial charge in [-0.05, 0) is 49.2 Å². The maximum atomic E-state index is 13.6. The summed E-state index contributed by atoms with van der Waals surface area (Å²) in [6, 6.07) is 22.3. The molecule has 156 valence electrons. The van der Waals surface area contributed by atoms with E-state index in [1.807, 2.05) is 68.4 Å². The fourth-order valence-corrected chi connectivity index (χ4v) is 4.47. The highest BCUT2D eigenvalue weighted by molar-refractivity contribution is 6.32. The highest BCUT2D eigenvalue weighted by Crippen LogP contribution is 2.47. The predicted octanol–water partition coefficient (Wildman–Crippen LogP) is 5.01. The molecule has 2 amide bonds. The number of benzene rings is 3. The van der Waals surface area contributed by atoms with Crippen molar-refractivity contribution in [1.82, 2.24) is 0 Å². The zero-order valence-electron chi connectivity index (χ0n) is 17.2. The van der Waals surface area contributed by atoms with E-state index in [4.69, 9.17) is 16.4 Å². The minimum Gasteiger partial charge on any atom is -0.273 e. The van der Waals surface area contributed by atoms with Crippen molar-refractivity contribution >= 4 is 34.8 Å². The van der Waals surface area contributed by atoms with Gasteiger partial charge in [-0.25, -0.2) is 9.96 Å². The van der Waals surface area contributed by atoms with E-state index in [2.05, 4.69) is 0 Å². The fourth-order valence-electron chi connectivity index (χ4n) is 4.29. The largest absolute Gasteiger partial charge is 0.273 e. The number of carbonyl (C=O) groups excluding carboxylic acids is 2. The Hall–Kier alpha value is -3.15. The van der Waals surface area contributed by atoms with Crippen LogP contribution in [0.5, 0.6) is 0 Å². The van der Waals surface area contributed by atoms with Crippen molar-refractivity contribution in [2.45, 2.75) is 26.0 Å². The lowest BCUT2D eigenvalue weighted by molar-refractivity contribution is -0.126. The van der Waals surface area contributed by atoms with Crippen LogP contribution < -0.4 is 9.96 Å². The van der Waals surface area contributed by atoms with Crippen LogP contribution in [-0.2, 0) is 14.4 Å². The zero-order chi connectivity index (χ0) is 21.7. The number of para-hydroxylation sites is 1. The van der Waals surface area contributed by atoms with Crippen molar-refractivity contribution < 1.29 is 14.4 Å². The van der Waals surface area contributed by atoms with Crippen LogP contribution >= 0.6 is 11.6 Å². The molecule has 3 aromatic carbocycles. The van der Waals surface area contributed by atoms with Crippen LogP contribution in [0.25, 0.3) is 0 Å². The van der Waals surface area contributed by atoms with Crippen LogP contribution in [0.2, 0.25) is 5.02 Å². The average molecular weight is 433 g/mol. The van der Waals surface area contributed by atoms with Crippen LogP contribution in [0.3, 0.4) is 0 Å². The molecule has 3 aromatic rings. The molecular formula is C25H21ClN2O3. The molecule has 2 fully saturated rings. The summed E-state index contributed by atoms with van der Waals surface area (Å²) < 4.78 is 0. The Balaban J connectivity index is 1.58. The third kappa shape index (κ3) is 3.21. The molecule has 6 heteroatoms. The lowest BCUT2D eigenvalue weighted by atomic mass is 9.90. The molecule has 2 aliphatic rings. The van der Waals surface area contributed by atoms with E-state index in [0.717, 1.165) is 22.4 Å². The number of rotatable bonds is 3. The smallest absolute Gasteiger partial charge is 0.266 e. The number of fused-ring (bicyclic) bond motifs is 1. The Morgan fingerprint density at radius 1 is 0.839 bits per heavy atom. The molecule has 0 radical (unpaired) electrons. The van der Waals surface area contributed by atoms with E-state index >= 15 is 0 Å². The maximum Gasteiger partial charge on any atom is 0.266 e. The van der Waals surface area contributed by atoms with E-state index in [1.54, 1.807) is 23.3 Å². The Kier molecular flexibility index (Phi) is 4.80. The van der Waals surface area contributed by atoms with Gasteiger partial charge in [-0.2, -0.15) is 0 Å². The first-order valence-electron chi connectivity index (χ1n) is 10.2. The molecule has 31 heavy (non-hydrogen) atoms. The Labute approximate surface area is 185 Å². The molecule has 0 saturated carbocycles. The molecule has 0 aliphatic carbocycles. The van der Waals surface area contributed by atoms with Crippen LogP contribution in [0, 0.1) is 19.8 Å². The first kappa shape index (κ1) is 19.8. The van der Waals surface area contributed by atoms with Gasteiger partial charge in [0.05, 0.1) is 17.4 Å². The highest BCUT2D eigenvalue weighted by Gasteiger charge is 2.60. The first-order valence-corrected chi connectivity index (χ1v) is 10.5. The monoisotopic (exact) mass is 432 g/mol. The van der Waals surface area contributed by atoms with Crippen LogP contribution in [0.1, 0.15) is 22.7 Å². The molecule has 5 nitrogen and oxygen atoms in total. The minimum absolute atomic E-state index is 0.279. The molecule has 2 aliphatic heterocycles. The van der Waals surface area contributed by atoms with Crippen molar-refractivity contribution in [1.29, 1.82) is 0 Å². The summed E-state index contributed by atoms with van der Waals surface area (Å²) >= 11 is 6.26. The van der Waals surface area contributed by atoms with Gasteiger partial charge in [0, 0.05) is 5.02 Å². The normalized spacial score (nSPS) is 22.9. The number of carbonyl (C=O) groups is 2. The van der Waals surface area contributed by atoms with Gasteiger partial charge in [-0.3, -0.25) is 14.4 Å². The van der Waals surface area contributed by atoms with Crippen molar-refractivity contribution in [3.8, 4) is 0 Å². The van der Waals surface area contributed by atoms with E-state index in [9.17, 15) is 9.59 Å². The summed E-state index contributed by atoms with van der Waals surface area (Å²) in [5.74, 6) is -1.31. The SMILES string of the molecule is Cc1ccc([C@H]2[C@H]3C(=O)N(c4ccc(C)c(Cl)c4)C(=O)[C@@H]3ON2c2ccccc2)cc1. The number of imide groups is 1. The van der Waals surface area contributed by atoms with Crippen LogP contribution in [0.15, 0.2) is 72.8 Å². The minimum atomic E-state index is -0.890. The van der Waals surface area contributed by atoms with Gasteiger partial charge < -0.3 is 0 Å². The maximum absolute atomic E-state index is 13.6. The Morgan fingerprint density at radius 2 is 1.55 bits per heavy atom. The van der Waals surface area contributed by atoms with Gasteiger partial charge in [-0.15, -0.1) is 0 Å². The van der Waals surface area contributed by atoms with Crippen LogP contribution in [0.4, 0.5) is 11.4 Å². The van der Waals surface area contributed by atoms with E-state index in [-0.39, 0.29) is 11.8 Å². The van der Waals surface area contributed by atoms with E-state index in [1.165, 1.54) is 4.90 Å². The quantitative estimate of drug-likeness (QED) is 0.546. The topological polar surface area (TPSA) is 49.9 Å². The molecule has 5 rings (SSSR count). The molecule has 0 spiro atoms. The number of halogens is 1. The third-order valence-electron chi connectivity index (χ3n) is 5.96. The summed E-state index contributed by atoms with van der Waals surface area (Å²) in [6.07, 6.45) is -0.890. The fraction of sp³-hybridized carbons (Fsp3) is 0.200. The van der Waals surface area contributed by atoms with Gasteiger partial charge in [-0.1, -0.05) is 65.7 Å². The van der Waals surface area contributed by atoms with Crippen molar-refractivity contribution in [2.75, 3.05) is 9.96 Å². The molecule has 2 saturated heterocycles. The Bertz CT molecular complexity index is 1160. The summed E-state index contributed by atoms with van der Waals surface area (Å²) in [5.41, 5.74) is 4.20. The first-order chi connectivity index (χ1) is 15.0. The second-order valence-electron chi connectivity index (χ2n) is 8.01. The summed E-state index contributed by atoms with van der Waals surface area (Å²) in [4.78, 5) is 34.2. The second kappa shape index (κ2) is 7.52. The van der Waals surface area contributed by atoms with Gasteiger partial charge in [0.15, 0.2) is 6.10 Å². The molecule has 0 bridgehead atoms. The van der Waals surface area contributed by atoms with Gasteiger partial charge in [0.1, 0.15) is 5.92 Å². The van der Waals surface area contributed by atoms with Gasteiger partial charge in [0.25, 0.3) is 5.91 Å². The molecule has 2 heterocycles. The van der Waals surface area contributed by atoms with Gasteiger partial charge >= 0.3 is 0 Å². The average Bonchev–Trinajstić information content (AvgIpc) is 3.28. The lowest BCUT2D eigenvalue weighted by Gasteiger charge is -2.29. The van der Waals surface area contributed by atoms with Crippen molar-refractivity contribution in [3.63, 3.8) is 0 Å². The number of hydroxylamine groups is 1. The molecule has 3 atom stereocenters. The van der Waals surface area contributed by atoms with E-state index < -0.39 is 18.1 Å². The van der Waals surface area contributed by atoms with Crippen LogP contribution in [-0.4, -0.2) is 17.9 Å². The summed E-state index contributed by atoms with van der Waals surface area (Å²) in [5, 5.41) is 2.21. The Morgan fingerprint density at radius 3 is 2.23 bits per heavy atom. The summed E-state index contributed by atoms with van der Waals surface area (Å²) in [7, 11) is 0. The number of aryl methyl sites for hydroxylation is 2. The molecule has 0 unspecified atom stereocenters. The number of hydrogen-bond acceptors (Lipinski definition) is 4. The molecular weight excluding hydrogens is 412 g/mol. The molecule has 0 aromatic heterocycles. The van der Waals surface area contributed by atoms with Gasteiger partial charge in [0.2, 0.25) is 5.91 Å². The van der Waals surface area contributed by atoms with E-state index in [0.29, 0.717) is 10.7 Å². The second-order valence-corrected chi connectivity index (χ2v) is 8.42. The van der Waals surface area contributed by atoms with Crippen molar-refractivity contribution in [2.24, 2.45) is 5.92 Å². The highest BCUT2D eigenvalue weighted by atomic mass is 35.5. The standard InChI is InChI=1S/C25H21ClN2O3/c1-15-8-11-17(12-9-15)22-21-23(31-28(22)18-6-4-3-5-7-18)25(30)27(24(21)29)19-13-10-16(2)20(26)14-19/h3-14,21-23H,1-2H3/t21-,22+,23-/m1/s1. The molecule has 0 N–H and O–H groups in total. The number of amides is 2. The number of nitrogens with zero attached hydrogens (tertiary/aromatic N) is 2. The lowest BCUT2D eigenvalue weighted by Crippen LogP contribution is -2.37. The summed E-state index contributed by atoms with van der Waals surface area (Å²) in [6.45, 7) is 3.89. The zero-order valence-corrected chi connectivity index (χ0v) is 17.9. The predicted molar refractivity (Wildman–Crippen MR) is 120 cm³/mol. The third-order valence-corrected chi connectivity index (χ3v) is 6.37. The number of hydrogen-bond donors (Lipinski definition) is 0. The van der Waals surface area contributed by atoms with Crippen molar-refractivity contribution in [3.05, 3.63) is 94.5 Å².